The Bertz CT molecular complexity index is 853. The fourth-order valence-corrected chi connectivity index (χ4v) is 2.59. The lowest BCUT2D eigenvalue weighted by molar-refractivity contribution is 0.602. The molecule has 0 N–H and O–H groups in total. The van der Waals surface area contributed by atoms with E-state index in [2.05, 4.69) is 16.4 Å². The predicted octanol–water partition coefficient (Wildman–Crippen LogP) is 1.60. The summed E-state index contributed by atoms with van der Waals surface area (Å²) >= 11 is 0. The number of hydrogen-bond acceptors (Lipinski definition) is 4. The normalized spacial score (nSPS) is 11.8. The van der Waals surface area contributed by atoms with Crippen molar-refractivity contribution in [1.29, 1.82) is 0 Å². The van der Waals surface area contributed by atoms with E-state index in [0.717, 1.165) is 11.1 Å². The summed E-state index contributed by atoms with van der Waals surface area (Å²) in [5, 5.41) is 3.94. The summed E-state index contributed by atoms with van der Waals surface area (Å²) in [6.45, 7) is 0. The molecule has 0 unspecified atom stereocenters. The molecular weight excluding hydrogens is 262 g/mol. The van der Waals surface area contributed by atoms with E-state index in [-0.39, 0.29) is 4.90 Å². The van der Waals surface area contributed by atoms with Crippen molar-refractivity contribution in [2.75, 3.05) is 6.26 Å². The van der Waals surface area contributed by atoms with Gasteiger partial charge in [-0.1, -0.05) is 12.1 Å². The highest BCUT2D eigenvalue weighted by Crippen LogP contribution is 2.25. The van der Waals surface area contributed by atoms with Gasteiger partial charge >= 0.3 is 0 Å². The Kier molecular flexibility index (Phi) is 2.60. The summed E-state index contributed by atoms with van der Waals surface area (Å²) in [7, 11) is -3.22. The first-order valence-corrected chi connectivity index (χ1v) is 7.47. The van der Waals surface area contributed by atoms with Crippen LogP contribution >= 0.6 is 0 Å². The summed E-state index contributed by atoms with van der Waals surface area (Å²) in [5.41, 5.74) is 2.25. The predicted molar refractivity (Wildman–Crippen MR) is 70.4 cm³/mol. The summed E-state index contributed by atoms with van der Waals surface area (Å²) < 4.78 is 24.8. The van der Waals surface area contributed by atoms with Gasteiger partial charge in [0.1, 0.15) is 0 Å². The summed E-state index contributed by atoms with van der Waals surface area (Å²) in [6.07, 6.45) is 5.50. The minimum absolute atomic E-state index is 0.287. The molecule has 3 aromatic rings. The number of benzene rings is 1. The van der Waals surface area contributed by atoms with E-state index in [4.69, 9.17) is 0 Å². The molecule has 0 aliphatic carbocycles. The molecule has 2 heterocycles. The van der Waals surface area contributed by atoms with Crippen LogP contribution in [-0.4, -0.2) is 29.3 Å². The maximum absolute atomic E-state index is 11.6. The lowest BCUT2D eigenvalue weighted by Crippen LogP contribution is -1.97. The zero-order valence-electron chi connectivity index (χ0n) is 10.1. The number of pyridine rings is 1. The molecule has 0 fully saturated rings. The van der Waals surface area contributed by atoms with E-state index in [1.807, 2.05) is 18.2 Å². The zero-order chi connectivity index (χ0) is 13.5. The molecule has 0 bridgehead atoms. The van der Waals surface area contributed by atoms with Gasteiger partial charge in [0.25, 0.3) is 0 Å². The molecule has 19 heavy (non-hydrogen) atoms. The Morgan fingerprint density at radius 1 is 1.21 bits per heavy atom. The number of nitrogens with zero attached hydrogens (tertiary/aromatic N) is 3. The second-order valence-electron chi connectivity index (χ2n) is 4.20. The number of sulfone groups is 1. The average Bonchev–Trinajstić information content (AvgIpc) is 2.86. The number of aromatic nitrogens is 3. The van der Waals surface area contributed by atoms with Gasteiger partial charge in [0.2, 0.25) is 6.33 Å². The van der Waals surface area contributed by atoms with Crippen LogP contribution in [0.1, 0.15) is 0 Å². The number of fused-ring (bicyclic) bond motifs is 1. The molecule has 0 saturated heterocycles. The third-order valence-corrected chi connectivity index (χ3v) is 3.94. The van der Waals surface area contributed by atoms with Gasteiger partial charge in [-0.05, 0) is 29.8 Å². The molecule has 0 atom stereocenters. The van der Waals surface area contributed by atoms with E-state index in [1.54, 1.807) is 28.9 Å². The summed E-state index contributed by atoms with van der Waals surface area (Å²) in [6, 6.07) is 10.5. The Hall–Kier alpha value is -2.21. The molecule has 6 heteroatoms. The molecule has 1 radical (unpaired) electrons. The van der Waals surface area contributed by atoms with Gasteiger partial charge in [-0.25, -0.2) is 17.9 Å². The number of hydrogen-bond donors (Lipinski definition) is 0. The summed E-state index contributed by atoms with van der Waals surface area (Å²) in [5.74, 6) is 0. The molecule has 5 nitrogen and oxygen atoms in total. The monoisotopic (exact) mass is 272 g/mol. The molecule has 0 spiro atoms. The van der Waals surface area contributed by atoms with Crippen molar-refractivity contribution in [3.05, 3.63) is 48.9 Å². The molecule has 95 valence electrons. The molecule has 2 aromatic heterocycles. The van der Waals surface area contributed by atoms with Crippen molar-refractivity contribution in [3.8, 4) is 11.1 Å². The first kappa shape index (κ1) is 11.9. The highest BCUT2D eigenvalue weighted by atomic mass is 32.2. The van der Waals surface area contributed by atoms with Crippen LogP contribution in [0.5, 0.6) is 0 Å². The third-order valence-electron chi connectivity index (χ3n) is 2.83. The maximum Gasteiger partial charge on any atom is 0.221 e. The highest BCUT2D eigenvalue weighted by molar-refractivity contribution is 7.90. The van der Waals surface area contributed by atoms with Crippen molar-refractivity contribution in [2.24, 2.45) is 0 Å². The fourth-order valence-electron chi connectivity index (χ4n) is 1.92. The van der Waals surface area contributed by atoms with Crippen LogP contribution in [0.4, 0.5) is 0 Å². The lowest BCUT2D eigenvalue weighted by Gasteiger charge is -2.05. The lowest BCUT2D eigenvalue weighted by atomic mass is 10.1. The molecule has 0 aliphatic heterocycles. The quantitative estimate of drug-likeness (QED) is 0.710. The van der Waals surface area contributed by atoms with Gasteiger partial charge < -0.3 is 0 Å². The van der Waals surface area contributed by atoms with Crippen molar-refractivity contribution < 1.29 is 8.42 Å². The largest absolute Gasteiger partial charge is 0.224 e. The maximum atomic E-state index is 11.6. The van der Waals surface area contributed by atoms with Gasteiger partial charge in [0.05, 0.1) is 4.90 Å². The van der Waals surface area contributed by atoms with Crippen LogP contribution in [0, 0.1) is 6.33 Å². The minimum Gasteiger partial charge on any atom is -0.224 e. The van der Waals surface area contributed by atoms with Crippen LogP contribution in [-0.2, 0) is 9.84 Å². The highest BCUT2D eigenvalue weighted by Gasteiger charge is 2.10. The molecule has 0 saturated carbocycles. The molecule has 0 amide bonds. The Labute approximate surface area is 110 Å². The third kappa shape index (κ3) is 2.10. The Balaban J connectivity index is 2.25. The molecule has 3 rings (SSSR count). The average molecular weight is 272 g/mol. The van der Waals surface area contributed by atoms with Crippen LogP contribution in [0.25, 0.3) is 16.8 Å². The van der Waals surface area contributed by atoms with Crippen LogP contribution in [0.15, 0.2) is 47.5 Å². The first-order valence-electron chi connectivity index (χ1n) is 5.58. The van der Waals surface area contributed by atoms with Crippen LogP contribution < -0.4 is 0 Å². The van der Waals surface area contributed by atoms with Gasteiger partial charge in [0.15, 0.2) is 15.5 Å². The molecular formula is C13H10N3O2S. The second-order valence-corrected chi connectivity index (χ2v) is 6.22. The van der Waals surface area contributed by atoms with E-state index in [0.29, 0.717) is 5.65 Å². The first-order chi connectivity index (χ1) is 9.05. The van der Waals surface area contributed by atoms with E-state index in [1.165, 1.54) is 6.26 Å². The Morgan fingerprint density at radius 2 is 2.05 bits per heavy atom. The van der Waals surface area contributed by atoms with Crippen molar-refractivity contribution in [3.63, 3.8) is 0 Å². The van der Waals surface area contributed by atoms with E-state index < -0.39 is 9.84 Å². The number of rotatable bonds is 2. The minimum atomic E-state index is -3.22. The van der Waals surface area contributed by atoms with E-state index in [9.17, 15) is 8.42 Å². The van der Waals surface area contributed by atoms with Crippen molar-refractivity contribution in [1.82, 2.24) is 14.6 Å². The van der Waals surface area contributed by atoms with Gasteiger partial charge in [-0.2, -0.15) is 0 Å². The van der Waals surface area contributed by atoms with Gasteiger partial charge in [0, 0.05) is 18.0 Å². The smallest absolute Gasteiger partial charge is 0.221 e. The molecule has 1 aromatic carbocycles. The van der Waals surface area contributed by atoms with Gasteiger partial charge in [-0.15, -0.1) is 5.10 Å². The topological polar surface area (TPSA) is 64.3 Å². The molecule has 0 aliphatic rings. The fraction of sp³-hybridized carbons (Fsp3) is 0.0769. The summed E-state index contributed by atoms with van der Waals surface area (Å²) in [4.78, 5) is 4.35. The Morgan fingerprint density at radius 3 is 2.84 bits per heavy atom. The van der Waals surface area contributed by atoms with Crippen molar-refractivity contribution >= 4 is 15.5 Å². The standard InChI is InChI=1S/C13H10N3O2S/c1-19(17,18)11-5-2-4-10(8-11)12-6-3-7-16-13(12)14-9-15-16/h2-8H,1H3. The second kappa shape index (κ2) is 4.17. The zero-order valence-corrected chi connectivity index (χ0v) is 10.9. The van der Waals surface area contributed by atoms with Crippen molar-refractivity contribution in [2.45, 2.75) is 4.90 Å². The van der Waals surface area contributed by atoms with Crippen LogP contribution in [0.3, 0.4) is 0 Å². The SMILES string of the molecule is CS(=O)(=O)c1cccc(-c2cccn3n[c]nc23)c1. The van der Waals surface area contributed by atoms with Crippen LogP contribution in [0.2, 0.25) is 0 Å². The van der Waals surface area contributed by atoms with Gasteiger partial charge in [-0.3, -0.25) is 0 Å². The van der Waals surface area contributed by atoms with E-state index >= 15 is 0 Å².